The van der Waals surface area contributed by atoms with E-state index in [4.69, 9.17) is 9.47 Å². The molecular formula is C15H17NO5. The second-order valence-corrected chi connectivity index (χ2v) is 4.89. The first kappa shape index (κ1) is 15.0. The summed E-state index contributed by atoms with van der Waals surface area (Å²) in [5.74, 6) is -0.457. The third-order valence-electron chi connectivity index (χ3n) is 2.97. The van der Waals surface area contributed by atoms with Gasteiger partial charge in [-0.2, -0.15) is 0 Å². The largest absolute Gasteiger partial charge is 0.482 e. The summed E-state index contributed by atoms with van der Waals surface area (Å²) in [5.41, 5.74) is 0.523. The Morgan fingerprint density at radius 1 is 1.33 bits per heavy atom. The second-order valence-electron chi connectivity index (χ2n) is 4.89. The monoisotopic (exact) mass is 291 g/mol. The average Bonchev–Trinajstić information content (AvgIpc) is 3.29. The maximum Gasteiger partial charge on any atom is 0.344 e. The zero-order valence-corrected chi connectivity index (χ0v) is 11.7. The number of carbonyl (C=O) groups is 3. The summed E-state index contributed by atoms with van der Waals surface area (Å²) < 4.78 is 10.2. The van der Waals surface area contributed by atoms with Gasteiger partial charge in [0.2, 0.25) is 0 Å². The number of rotatable bonds is 7. The van der Waals surface area contributed by atoms with E-state index in [0.29, 0.717) is 11.3 Å². The van der Waals surface area contributed by atoms with Gasteiger partial charge < -0.3 is 14.8 Å². The number of esters is 1. The molecule has 0 unspecified atom stereocenters. The molecule has 0 saturated heterocycles. The van der Waals surface area contributed by atoms with E-state index in [1.54, 1.807) is 24.3 Å². The van der Waals surface area contributed by atoms with Crippen molar-refractivity contribution in [2.24, 2.45) is 0 Å². The fraction of sp³-hybridized carbons (Fsp3) is 0.400. The Kier molecular flexibility index (Phi) is 4.92. The van der Waals surface area contributed by atoms with Gasteiger partial charge in [-0.25, -0.2) is 4.79 Å². The van der Waals surface area contributed by atoms with E-state index >= 15 is 0 Å². The number of hydrogen-bond donors (Lipinski definition) is 1. The molecule has 0 spiro atoms. The molecular weight excluding hydrogens is 274 g/mol. The highest BCUT2D eigenvalue weighted by molar-refractivity contribution is 5.84. The van der Waals surface area contributed by atoms with E-state index in [1.807, 2.05) is 0 Å². The Balaban J connectivity index is 1.72. The molecule has 1 amide bonds. The van der Waals surface area contributed by atoms with Gasteiger partial charge in [0.1, 0.15) is 12.0 Å². The van der Waals surface area contributed by atoms with Crippen LogP contribution in [0.5, 0.6) is 5.75 Å². The summed E-state index contributed by atoms with van der Waals surface area (Å²) in [7, 11) is 0. The van der Waals surface area contributed by atoms with Gasteiger partial charge in [0.25, 0.3) is 5.91 Å². The van der Waals surface area contributed by atoms with Crippen LogP contribution in [0.2, 0.25) is 0 Å². The molecule has 1 saturated carbocycles. The van der Waals surface area contributed by atoms with Crippen molar-refractivity contribution in [1.82, 2.24) is 5.32 Å². The zero-order valence-electron chi connectivity index (χ0n) is 11.7. The number of amides is 1. The van der Waals surface area contributed by atoms with Crippen molar-refractivity contribution in [1.29, 1.82) is 0 Å². The van der Waals surface area contributed by atoms with E-state index < -0.39 is 12.1 Å². The number of carbonyl (C=O) groups excluding carboxylic acids is 3. The van der Waals surface area contributed by atoms with Gasteiger partial charge in [-0.15, -0.1) is 0 Å². The van der Waals surface area contributed by atoms with Crippen LogP contribution < -0.4 is 10.1 Å². The highest BCUT2D eigenvalue weighted by Crippen LogP contribution is 2.18. The normalized spacial score (nSPS) is 14.9. The molecule has 1 atom stereocenters. The van der Waals surface area contributed by atoms with Gasteiger partial charge in [0, 0.05) is 11.6 Å². The van der Waals surface area contributed by atoms with Crippen LogP contribution in [0.1, 0.15) is 30.1 Å². The van der Waals surface area contributed by atoms with Crippen LogP contribution in [-0.2, 0) is 14.3 Å². The van der Waals surface area contributed by atoms with E-state index in [9.17, 15) is 14.4 Å². The zero-order chi connectivity index (χ0) is 15.2. The van der Waals surface area contributed by atoms with Gasteiger partial charge in [-0.1, -0.05) is 0 Å². The maximum absolute atomic E-state index is 11.6. The fourth-order valence-electron chi connectivity index (χ4n) is 1.62. The lowest BCUT2D eigenvalue weighted by atomic mass is 10.2. The lowest BCUT2D eigenvalue weighted by Crippen LogP contribution is -2.37. The predicted molar refractivity (Wildman–Crippen MR) is 74.0 cm³/mol. The van der Waals surface area contributed by atoms with Crippen LogP contribution in [0.25, 0.3) is 0 Å². The lowest BCUT2D eigenvalue weighted by molar-refractivity contribution is -0.156. The van der Waals surface area contributed by atoms with Crippen molar-refractivity contribution in [2.75, 3.05) is 6.61 Å². The molecule has 0 aromatic heterocycles. The Bertz CT molecular complexity index is 521. The summed E-state index contributed by atoms with van der Waals surface area (Å²) in [6.07, 6.45) is 1.84. The molecule has 6 heteroatoms. The van der Waals surface area contributed by atoms with Gasteiger partial charge in [0.05, 0.1) is 0 Å². The molecule has 6 nitrogen and oxygen atoms in total. The molecule has 1 aromatic rings. The Morgan fingerprint density at radius 3 is 2.57 bits per heavy atom. The van der Waals surface area contributed by atoms with Crippen LogP contribution in [0, 0.1) is 0 Å². The molecule has 1 aliphatic carbocycles. The van der Waals surface area contributed by atoms with Crippen LogP contribution >= 0.6 is 0 Å². The second kappa shape index (κ2) is 6.88. The first-order chi connectivity index (χ1) is 10.1. The maximum atomic E-state index is 11.6. The molecule has 21 heavy (non-hydrogen) atoms. The quantitative estimate of drug-likeness (QED) is 0.600. The standard InChI is InChI=1S/C15H17NO5/c1-10(15(19)16-12-4-5-12)21-14(18)9-20-13-6-2-11(8-17)3-7-13/h2-3,6-8,10,12H,4-5,9H2,1H3,(H,16,19)/t10-/m0/s1. The molecule has 0 radical (unpaired) electrons. The van der Waals surface area contributed by atoms with Crippen molar-refractivity contribution >= 4 is 18.2 Å². The molecule has 1 N–H and O–H groups in total. The first-order valence-electron chi connectivity index (χ1n) is 6.76. The lowest BCUT2D eigenvalue weighted by Gasteiger charge is -2.13. The number of hydrogen-bond acceptors (Lipinski definition) is 5. The van der Waals surface area contributed by atoms with Crippen molar-refractivity contribution in [2.45, 2.75) is 31.9 Å². The Hall–Kier alpha value is -2.37. The smallest absolute Gasteiger partial charge is 0.344 e. The molecule has 0 heterocycles. The van der Waals surface area contributed by atoms with Gasteiger partial charge in [-0.05, 0) is 44.0 Å². The van der Waals surface area contributed by atoms with Crippen molar-refractivity contribution in [3.63, 3.8) is 0 Å². The highest BCUT2D eigenvalue weighted by atomic mass is 16.6. The fourth-order valence-corrected chi connectivity index (χ4v) is 1.62. The third kappa shape index (κ3) is 4.91. The molecule has 0 aliphatic heterocycles. The Morgan fingerprint density at radius 2 is 2.00 bits per heavy atom. The van der Waals surface area contributed by atoms with Crippen LogP contribution in [0.3, 0.4) is 0 Å². The predicted octanol–water partition coefficient (Wildman–Crippen LogP) is 1.09. The third-order valence-corrected chi connectivity index (χ3v) is 2.97. The SMILES string of the molecule is C[C@H](OC(=O)COc1ccc(C=O)cc1)C(=O)NC1CC1. The van der Waals surface area contributed by atoms with Crippen molar-refractivity contribution in [3.05, 3.63) is 29.8 Å². The molecule has 1 aliphatic rings. The molecule has 1 aromatic carbocycles. The minimum atomic E-state index is -0.834. The van der Waals surface area contributed by atoms with Crippen LogP contribution in [0.15, 0.2) is 24.3 Å². The van der Waals surface area contributed by atoms with Gasteiger partial charge >= 0.3 is 5.97 Å². The van der Waals surface area contributed by atoms with Crippen molar-refractivity contribution in [3.8, 4) is 5.75 Å². The topological polar surface area (TPSA) is 81.7 Å². The highest BCUT2D eigenvalue weighted by Gasteiger charge is 2.27. The minimum Gasteiger partial charge on any atom is -0.482 e. The average molecular weight is 291 g/mol. The molecule has 2 rings (SSSR count). The molecule has 1 fully saturated rings. The van der Waals surface area contributed by atoms with Gasteiger partial charge in [-0.3, -0.25) is 9.59 Å². The summed E-state index contributed by atoms with van der Waals surface area (Å²) in [6.45, 7) is 1.23. The number of nitrogens with one attached hydrogen (secondary N) is 1. The summed E-state index contributed by atoms with van der Waals surface area (Å²) >= 11 is 0. The van der Waals surface area contributed by atoms with Crippen LogP contribution in [0.4, 0.5) is 0 Å². The van der Waals surface area contributed by atoms with E-state index in [2.05, 4.69) is 5.32 Å². The number of aldehydes is 1. The summed E-state index contributed by atoms with van der Waals surface area (Å²) in [5, 5.41) is 2.76. The van der Waals surface area contributed by atoms with E-state index in [1.165, 1.54) is 6.92 Å². The summed E-state index contributed by atoms with van der Waals surface area (Å²) in [6, 6.07) is 6.56. The Labute approximate surface area is 122 Å². The van der Waals surface area contributed by atoms with E-state index in [-0.39, 0.29) is 18.6 Å². The summed E-state index contributed by atoms with van der Waals surface area (Å²) in [4.78, 5) is 33.7. The number of benzene rings is 1. The van der Waals surface area contributed by atoms with E-state index in [0.717, 1.165) is 19.1 Å². The van der Waals surface area contributed by atoms with Gasteiger partial charge in [0.15, 0.2) is 12.7 Å². The molecule has 0 bridgehead atoms. The minimum absolute atomic E-state index is 0.228. The van der Waals surface area contributed by atoms with Crippen molar-refractivity contribution < 1.29 is 23.9 Å². The molecule has 112 valence electrons. The van der Waals surface area contributed by atoms with Crippen LogP contribution in [-0.4, -0.2) is 36.9 Å². The number of ether oxygens (including phenoxy) is 2. The first-order valence-corrected chi connectivity index (χ1v) is 6.76.